The van der Waals surface area contributed by atoms with Crippen LogP contribution in [0.2, 0.25) is 0 Å². The Labute approximate surface area is 135 Å². The number of hydrogen-bond donors (Lipinski definition) is 0. The number of aryl methyl sites for hydroxylation is 2. The van der Waals surface area contributed by atoms with Crippen LogP contribution < -0.4 is 4.90 Å². The van der Waals surface area contributed by atoms with Crippen LogP contribution in [0.1, 0.15) is 55.4 Å². The van der Waals surface area contributed by atoms with E-state index < -0.39 is 0 Å². The molecule has 1 aliphatic rings. The van der Waals surface area contributed by atoms with Gasteiger partial charge in [-0.2, -0.15) is 4.98 Å². The molecule has 6 nitrogen and oxygen atoms in total. The van der Waals surface area contributed by atoms with Crippen LogP contribution in [0.3, 0.4) is 0 Å². The highest BCUT2D eigenvalue weighted by molar-refractivity contribution is 5.92. The molecule has 0 bridgehead atoms. The number of pyridine rings is 1. The molecule has 2 heterocycles. The molecule has 0 atom stereocenters. The maximum Gasteiger partial charge on any atom is 0.227 e. The van der Waals surface area contributed by atoms with Gasteiger partial charge in [-0.1, -0.05) is 18.0 Å². The van der Waals surface area contributed by atoms with Crippen LogP contribution in [0, 0.1) is 6.92 Å². The second-order valence-electron chi connectivity index (χ2n) is 6.14. The van der Waals surface area contributed by atoms with E-state index in [4.69, 9.17) is 4.52 Å². The van der Waals surface area contributed by atoms with Crippen molar-refractivity contribution in [2.75, 3.05) is 11.9 Å². The van der Waals surface area contributed by atoms with Gasteiger partial charge in [0.1, 0.15) is 0 Å². The number of carbonyl (C=O) groups excluding carboxylic acids is 1. The van der Waals surface area contributed by atoms with Crippen molar-refractivity contribution in [1.82, 2.24) is 15.1 Å². The number of nitrogens with zero attached hydrogens (tertiary/aromatic N) is 4. The van der Waals surface area contributed by atoms with Gasteiger partial charge >= 0.3 is 0 Å². The molecule has 1 saturated carbocycles. The van der Waals surface area contributed by atoms with Crippen molar-refractivity contribution in [3.05, 3.63) is 35.7 Å². The van der Waals surface area contributed by atoms with E-state index in [0.717, 1.165) is 30.0 Å². The lowest BCUT2D eigenvalue weighted by Crippen LogP contribution is -2.26. The van der Waals surface area contributed by atoms with Crippen LogP contribution in [0.4, 0.5) is 5.69 Å². The summed E-state index contributed by atoms with van der Waals surface area (Å²) in [7, 11) is 1.77. The lowest BCUT2D eigenvalue weighted by atomic mass is 10.1. The van der Waals surface area contributed by atoms with Crippen molar-refractivity contribution in [2.24, 2.45) is 0 Å². The minimum atomic E-state index is 0.0243. The molecule has 2 aromatic heterocycles. The lowest BCUT2D eigenvalue weighted by molar-refractivity contribution is -0.118. The topological polar surface area (TPSA) is 72.1 Å². The SMILES string of the molecule is Cc1cc(N(C)C(=O)CCc2nc(C3CCCC3)no2)ccn1. The zero-order valence-corrected chi connectivity index (χ0v) is 13.7. The molecule has 0 aliphatic heterocycles. The summed E-state index contributed by atoms with van der Waals surface area (Å²) >= 11 is 0. The Morgan fingerprint density at radius 2 is 2.17 bits per heavy atom. The van der Waals surface area contributed by atoms with Crippen LogP contribution in [0.5, 0.6) is 0 Å². The summed E-state index contributed by atoms with van der Waals surface area (Å²) in [5.74, 6) is 1.82. The van der Waals surface area contributed by atoms with Gasteiger partial charge in [0.25, 0.3) is 0 Å². The van der Waals surface area contributed by atoms with Crippen molar-refractivity contribution < 1.29 is 9.32 Å². The average molecular weight is 314 g/mol. The maximum absolute atomic E-state index is 12.3. The maximum atomic E-state index is 12.3. The van der Waals surface area contributed by atoms with E-state index in [9.17, 15) is 4.79 Å². The molecule has 6 heteroatoms. The fourth-order valence-corrected chi connectivity index (χ4v) is 2.98. The van der Waals surface area contributed by atoms with Crippen molar-refractivity contribution in [3.8, 4) is 0 Å². The lowest BCUT2D eigenvalue weighted by Gasteiger charge is -2.17. The fourth-order valence-electron chi connectivity index (χ4n) is 2.98. The molecule has 0 unspecified atom stereocenters. The minimum absolute atomic E-state index is 0.0243. The first-order valence-corrected chi connectivity index (χ1v) is 8.15. The molecular weight excluding hydrogens is 292 g/mol. The van der Waals surface area contributed by atoms with Gasteiger partial charge in [-0.25, -0.2) is 0 Å². The largest absolute Gasteiger partial charge is 0.339 e. The van der Waals surface area contributed by atoms with E-state index in [1.54, 1.807) is 18.1 Å². The van der Waals surface area contributed by atoms with Gasteiger partial charge in [-0.3, -0.25) is 9.78 Å². The van der Waals surface area contributed by atoms with Gasteiger partial charge in [0.2, 0.25) is 11.8 Å². The number of carbonyl (C=O) groups is 1. The standard InChI is InChI=1S/C17H22N4O2/c1-12-11-14(9-10-18-12)21(2)16(22)8-7-15-19-17(20-23-15)13-5-3-4-6-13/h9-11,13H,3-8H2,1-2H3. The summed E-state index contributed by atoms with van der Waals surface area (Å²) in [4.78, 5) is 22.5. The monoisotopic (exact) mass is 314 g/mol. The first-order valence-electron chi connectivity index (χ1n) is 8.15. The fraction of sp³-hybridized carbons (Fsp3) is 0.529. The summed E-state index contributed by atoms with van der Waals surface area (Å²) in [6.07, 6.45) is 7.30. The van der Waals surface area contributed by atoms with Crippen LogP contribution >= 0.6 is 0 Å². The average Bonchev–Trinajstić information content (AvgIpc) is 3.22. The molecular formula is C17H22N4O2. The van der Waals surface area contributed by atoms with Crippen LogP contribution in [0.25, 0.3) is 0 Å². The summed E-state index contributed by atoms with van der Waals surface area (Å²) < 4.78 is 5.29. The molecule has 0 spiro atoms. The Morgan fingerprint density at radius 3 is 2.91 bits per heavy atom. The quantitative estimate of drug-likeness (QED) is 0.848. The van der Waals surface area contributed by atoms with Gasteiger partial charge in [-0.15, -0.1) is 0 Å². The van der Waals surface area contributed by atoms with E-state index >= 15 is 0 Å². The molecule has 0 radical (unpaired) electrons. The van der Waals surface area contributed by atoms with Crippen molar-refractivity contribution >= 4 is 11.6 Å². The smallest absolute Gasteiger partial charge is 0.227 e. The number of hydrogen-bond acceptors (Lipinski definition) is 5. The minimum Gasteiger partial charge on any atom is -0.339 e. The molecule has 0 saturated heterocycles. The predicted molar refractivity (Wildman–Crippen MR) is 86.2 cm³/mol. The molecule has 2 aromatic rings. The van der Waals surface area contributed by atoms with E-state index in [-0.39, 0.29) is 5.91 Å². The number of rotatable bonds is 5. The normalized spacial score (nSPS) is 15.0. The Kier molecular flexibility index (Phi) is 4.69. The third kappa shape index (κ3) is 3.75. The van der Waals surface area contributed by atoms with Crippen molar-refractivity contribution in [1.29, 1.82) is 0 Å². The zero-order chi connectivity index (χ0) is 16.2. The highest BCUT2D eigenvalue weighted by atomic mass is 16.5. The van der Waals surface area contributed by atoms with E-state index in [1.807, 2.05) is 19.1 Å². The first kappa shape index (κ1) is 15.6. The second-order valence-corrected chi connectivity index (χ2v) is 6.14. The van der Waals surface area contributed by atoms with E-state index in [2.05, 4.69) is 15.1 Å². The molecule has 1 fully saturated rings. The summed E-state index contributed by atoms with van der Waals surface area (Å²) in [6.45, 7) is 1.91. The number of anilines is 1. The molecule has 122 valence electrons. The third-order valence-electron chi connectivity index (χ3n) is 4.40. The van der Waals surface area contributed by atoms with Gasteiger partial charge < -0.3 is 9.42 Å². The van der Waals surface area contributed by atoms with Crippen LogP contribution in [0.15, 0.2) is 22.9 Å². The van der Waals surface area contributed by atoms with Gasteiger partial charge in [-0.05, 0) is 31.9 Å². The molecule has 23 heavy (non-hydrogen) atoms. The molecule has 0 aromatic carbocycles. The predicted octanol–water partition coefficient (Wildman–Crippen LogP) is 3.03. The van der Waals surface area contributed by atoms with E-state index in [0.29, 0.717) is 24.7 Å². The molecule has 3 rings (SSSR count). The summed E-state index contributed by atoms with van der Waals surface area (Å²) in [5.41, 5.74) is 1.74. The Bertz CT molecular complexity index is 677. The first-order chi connectivity index (χ1) is 11.1. The number of amides is 1. The molecule has 0 N–H and O–H groups in total. The summed E-state index contributed by atoms with van der Waals surface area (Å²) in [6, 6.07) is 3.72. The number of aromatic nitrogens is 3. The highest BCUT2D eigenvalue weighted by Crippen LogP contribution is 2.32. The van der Waals surface area contributed by atoms with Crippen molar-refractivity contribution in [2.45, 2.75) is 51.4 Å². The Balaban J connectivity index is 1.56. The molecule has 1 aliphatic carbocycles. The second kappa shape index (κ2) is 6.89. The summed E-state index contributed by atoms with van der Waals surface area (Å²) in [5, 5.41) is 4.07. The van der Waals surface area contributed by atoms with Gasteiger partial charge in [0.05, 0.1) is 0 Å². The Hall–Kier alpha value is -2.24. The van der Waals surface area contributed by atoms with E-state index in [1.165, 1.54) is 12.8 Å². The van der Waals surface area contributed by atoms with Gasteiger partial charge in [0.15, 0.2) is 5.82 Å². The van der Waals surface area contributed by atoms with Crippen LogP contribution in [-0.4, -0.2) is 28.1 Å². The molecule has 1 amide bonds. The van der Waals surface area contributed by atoms with Gasteiger partial charge in [0, 0.05) is 43.4 Å². The third-order valence-corrected chi connectivity index (χ3v) is 4.40. The zero-order valence-electron chi connectivity index (χ0n) is 13.7. The highest BCUT2D eigenvalue weighted by Gasteiger charge is 2.22. The Morgan fingerprint density at radius 1 is 1.39 bits per heavy atom. The van der Waals surface area contributed by atoms with Crippen molar-refractivity contribution in [3.63, 3.8) is 0 Å². The van der Waals surface area contributed by atoms with Crippen LogP contribution in [-0.2, 0) is 11.2 Å².